The van der Waals surface area contributed by atoms with E-state index in [-0.39, 0.29) is 12.5 Å². The van der Waals surface area contributed by atoms with Crippen LogP contribution in [0.2, 0.25) is 0 Å². The second-order valence-electron chi connectivity index (χ2n) is 8.31. The summed E-state index contributed by atoms with van der Waals surface area (Å²) in [7, 11) is 0. The number of aromatic hydroxyl groups is 2. The topological polar surface area (TPSA) is 181 Å². The molecule has 4 rings (SSSR count). The molecule has 8 unspecified atom stereocenters. The molecule has 1 aromatic carbocycles. The average molecular weight is 494 g/mol. The van der Waals surface area contributed by atoms with E-state index in [1.54, 1.807) is 0 Å². The molecular formula is C23H26O12. The highest BCUT2D eigenvalue weighted by atomic mass is 16.8. The Morgan fingerprint density at radius 2 is 1.97 bits per heavy atom. The first-order valence-corrected chi connectivity index (χ1v) is 10.9. The van der Waals surface area contributed by atoms with Crippen molar-refractivity contribution in [2.75, 3.05) is 13.2 Å². The largest absolute Gasteiger partial charge is 0.504 e. The number of hydrogen-bond donors (Lipinski definition) is 5. The van der Waals surface area contributed by atoms with Crippen molar-refractivity contribution in [1.29, 1.82) is 0 Å². The zero-order valence-electron chi connectivity index (χ0n) is 18.4. The van der Waals surface area contributed by atoms with Crippen LogP contribution in [0.5, 0.6) is 11.5 Å². The van der Waals surface area contributed by atoms with Crippen molar-refractivity contribution in [2.45, 2.75) is 43.4 Å². The number of rotatable bonds is 6. The lowest BCUT2D eigenvalue weighted by Crippen LogP contribution is -2.61. The molecular weight excluding hydrogens is 468 g/mol. The molecule has 0 aliphatic carbocycles. The molecule has 5 N–H and O–H groups in total. The lowest BCUT2D eigenvalue weighted by molar-refractivity contribution is -0.338. The molecule has 35 heavy (non-hydrogen) atoms. The number of ether oxygens (including phenoxy) is 5. The van der Waals surface area contributed by atoms with E-state index in [0.717, 1.165) is 6.07 Å². The third kappa shape index (κ3) is 4.70. The summed E-state index contributed by atoms with van der Waals surface area (Å²) in [5.41, 5.74) is -0.0857. The maximum absolute atomic E-state index is 12.7. The van der Waals surface area contributed by atoms with Gasteiger partial charge in [0.05, 0.1) is 25.0 Å². The number of benzene rings is 1. The highest BCUT2D eigenvalue weighted by molar-refractivity contribution is 5.93. The van der Waals surface area contributed by atoms with E-state index >= 15 is 0 Å². The van der Waals surface area contributed by atoms with Crippen LogP contribution in [-0.4, -0.2) is 87.7 Å². The Kier molecular flexibility index (Phi) is 7.28. The van der Waals surface area contributed by atoms with Gasteiger partial charge in [0.15, 0.2) is 17.6 Å². The van der Waals surface area contributed by atoms with Crippen molar-refractivity contribution in [2.24, 2.45) is 11.8 Å². The summed E-state index contributed by atoms with van der Waals surface area (Å²) in [6.45, 7) is 3.30. The van der Waals surface area contributed by atoms with Crippen molar-refractivity contribution in [1.82, 2.24) is 0 Å². The van der Waals surface area contributed by atoms with Crippen LogP contribution in [0.1, 0.15) is 16.8 Å². The van der Waals surface area contributed by atoms with E-state index in [9.17, 15) is 35.1 Å². The van der Waals surface area contributed by atoms with Crippen LogP contribution in [0.4, 0.5) is 0 Å². The number of carbonyl (C=O) groups excluding carboxylic acids is 2. The second-order valence-corrected chi connectivity index (χ2v) is 8.31. The smallest absolute Gasteiger partial charge is 0.342 e. The van der Waals surface area contributed by atoms with E-state index < -0.39 is 78.5 Å². The molecule has 0 bridgehead atoms. The molecule has 190 valence electrons. The Balaban J connectivity index is 1.59. The summed E-state index contributed by atoms with van der Waals surface area (Å²) in [5.74, 6) is -3.83. The van der Waals surface area contributed by atoms with Gasteiger partial charge in [0.2, 0.25) is 12.6 Å². The summed E-state index contributed by atoms with van der Waals surface area (Å²) in [6.07, 6.45) is -5.70. The van der Waals surface area contributed by atoms with Gasteiger partial charge < -0.3 is 49.2 Å². The van der Waals surface area contributed by atoms with Crippen molar-refractivity contribution < 1.29 is 58.8 Å². The summed E-state index contributed by atoms with van der Waals surface area (Å²) < 4.78 is 27.4. The highest BCUT2D eigenvalue weighted by Crippen LogP contribution is 2.39. The number of phenols is 2. The van der Waals surface area contributed by atoms with Crippen LogP contribution < -0.4 is 0 Å². The van der Waals surface area contributed by atoms with Gasteiger partial charge in [-0.2, -0.15) is 0 Å². The number of para-hydroxylation sites is 1. The molecule has 0 aromatic heterocycles. The van der Waals surface area contributed by atoms with Crippen LogP contribution in [0.15, 0.2) is 42.7 Å². The lowest BCUT2D eigenvalue weighted by Gasteiger charge is -2.44. The average Bonchev–Trinajstić information content (AvgIpc) is 2.85. The number of aliphatic hydroxyl groups is 3. The normalized spacial score (nSPS) is 34.6. The number of fused-ring (bicyclic) bond motifs is 1. The Morgan fingerprint density at radius 1 is 1.20 bits per heavy atom. The van der Waals surface area contributed by atoms with E-state index in [4.69, 9.17) is 23.7 Å². The maximum Gasteiger partial charge on any atom is 0.342 e. The molecule has 3 aliphatic heterocycles. The number of phenolic OH excluding ortho intramolecular Hbond substituents is 2. The molecule has 0 amide bonds. The van der Waals surface area contributed by atoms with E-state index in [1.165, 1.54) is 24.5 Å². The van der Waals surface area contributed by atoms with E-state index in [2.05, 4.69) is 6.58 Å². The van der Waals surface area contributed by atoms with Crippen LogP contribution in [-0.2, 0) is 28.5 Å². The SMILES string of the molecule is C=CC1C(OC2OC(CO)C(O)C(O)C2OC(=O)c2cccc(O)c2O)OC=C2C(=O)OCCC21. The molecule has 12 heteroatoms. The minimum absolute atomic E-state index is 0.197. The predicted octanol–water partition coefficient (Wildman–Crippen LogP) is -0.316. The number of cyclic esters (lactones) is 1. The number of esters is 2. The Morgan fingerprint density at radius 3 is 2.69 bits per heavy atom. The van der Waals surface area contributed by atoms with Gasteiger partial charge in [-0.15, -0.1) is 6.58 Å². The summed E-state index contributed by atoms with van der Waals surface area (Å²) in [4.78, 5) is 24.8. The molecule has 3 heterocycles. The fourth-order valence-electron chi connectivity index (χ4n) is 4.33. The van der Waals surface area contributed by atoms with E-state index in [1.807, 2.05) is 0 Å². The minimum Gasteiger partial charge on any atom is -0.504 e. The fourth-order valence-corrected chi connectivity index (χ4v) is 4.33. The van der Waals surface area contributed by atoms with Crippen LogP contribution >= 0.6 is 0 Å². The fraction of sp³-hybridized carbons (Fsp3) is 0.478. The molecule has 0 saturated carbocycles. The number of carbonyl (C=O) groups is 2. The van der Waals surface area contributed by atoms with E-state index in [0.29, 0.717) is 12.0 Å². The van der Waals surface area contributed by atoms with Crippen molar-refractivity contribution in [3.05, 3.63) is 48.3 Å². The monoisotopic (exact) mass is 494 g/mol. The van der Waals surface area contributed by atoms with Gasteiger partial charge in [0.25, 0.3) is 0 Å². The zero-order valence-corrected chi connectivity index (χ0v) is 18.4. The number of aliphatic hydroxyl groups excluding tert-OH is 3. The maximum atomic E-state index is 12.7. The predicted molar refractivity (Wildman–Crippen MR) is 114 cm³/mol. The van der Waals surface area contributed by atoms with Gasteiger partial charge in [-0.1, -0.05) is 12.1 Å². The Hall–Kier alpha value is -3.16. The zero-order chi connectivity index (χ0) is 25.3. The molecule has 2 fully saturated rings. The summed E-state index contributed by atoms with van der Waals surface area (Å²) in [5, 5.41) is 50.2. The first-order valence-electron chi connectivity index (χ1n) is 10.9. The minimum atomic E-state index is -1.75. The van der Waals surface area contributed by atoms with Gasteiger partial charge in [-0.05, 0) is 18.6 Å². The second kappa shape index (κ2) is 10.2. The van der Waals surface area contributed by atoms with Crippen LogP contribution in [0.3, 0.4) is 0 Å². The van der Waals surface area contributed by atoms with Crippen molar-refractivity contribution in [3.8, 4) is 11.5 Å². The molecule has 12 nitrogen and oxygen atoms in total. The molecule has 0 radical (unpaired) electrons. The van der Waals surface area contributed by atoms with Gasteiger partial charge >= 0.3 is 11.9 Å². The first kappa shape index (κ1) is 24.9. The van der Waals surface area contributed by atoms with Gasteiger partial charge in [-0.3, -0.25) is 0 Å². The quantitative estimate of drug-likeness (QED) is 0.198. The molecule has 2 saturated heterocycles. The summed E-state index contributed by atoms with van der Waals surface area (Å²) >= 11 is 0. The molecule has 1 aromatic rings. The Bertz CT molecular complexity index is 1010. The van der Waals surface area contributed by atoms with Crippen molar-refractivity contribution >= 4 is 11.9 Å². The van der Waals surface area contributed by atoms with Gasteiger partial charge in [-0.25, -0.2) is 9.59 Å². The number of hydrogen-bond acceptors (Lipinski definition) is 12. The van der Waals surface area contributed by atoms with Gasteiger partial charge in [0.1, 0.15) is 23.9 Å². The molecule has 3 aliphatic rings. The lowest BCUT2D eigenvalue weighted by atomic mass is 9.81. The van der Waals surface area contributed by atoms with Crippen molar-refractivity contribution in [3.63, 3.8) is 0 Å². The molecule has 8 atom stereocenters. The van der Waals surface area contributed by atoms with Crippen LogP contribution in [0, 0.1) is 11.8 Å². The highest BCUT2D eigenvalue weighted by Gasteiger charge is 2.50. The summed E-state index contributed by atoms with van der Waals surface area (Å²) in [6, 6.07) is 3.64. The third-order valence-electron chi connectivity index (χ3n) is 6.25. The molecule has 0 spiro atoms. The standard InChI is InChI=1S/C23H26O12/c1-2-10-11-6-7-31-20(29)13(11)9-32-22(10)35-23-19(18(28)17(27)15(8-24)33-23)34-21(30)12-4-3-5-14(25)16(12)26/h2-5,9-11,15,17-19,22-28H,1,6-8H2. The Labute approximate surface area is 199 Å². The third-order valence-corrected chi connectivity index (χ3v) is 6.25. The van der Waals surface area contributed by atoms with Crippen LogP contribution in [0.25, 0.3) is 0 Å². The first-order chi connectivity index (χ1) is 16.8. The van der Waals surface area contributed by atoms with Gasteiger partial charge in [0, 0.05) is 11.8 Å².